The van der Waals surface area contributed by atoms with Gasteiger partial charge in [0.2, 0.25) is 0 Å². The maximum atomic E-state index is 5.63. The molecule has 3 aliphatic rings. The summed E-state index contributed by atoms with van der Waals surface area (Å²) in [6.45, 7) is 4.42. The van der Waals surface area contributed by atoms with E-state index < -0.39 is 0 Å². The minimum atomic E-state index is 0.468. The number of epoxide rings is 1. The Labute approximate surface area is 109 Å². The number of ether oxygens (including phenoxy) is 1. The maximum Gasteiger partial charge on any atom is 0.123 e. The summed E-state index contributed by atoms with van der Waals surface area (Å²) in [6.07, 6.45) is 2.52. The van der Waals surface area contributed by atoms with Gasteiger partial charge in [-0.3, -0.25) is 4.68 Å². The molecule has 0 unspecified atom stereocenters. The second kappa shape index (κ2) is 3.02. The van der Waals surface area contributed by atoms with Gasteiger partial charge in [-0.25, -0.2) is 0 Å². The van der Waals surface area contributed by atoms with Gasteiger partial charge in [0.05, 0.1) is 12.2 Å². The molecule has 2 aliphatic carbocycles. The first kappa shape index (κ1) is 9.88. The van der Waals surface area contributed by atoms with Crippen LogP contribution in [0.3, 0.4) is 0 Å². The van der Waals surface area contributed by atoms with Crippen LogP contribution in [0.5, 0.6) is 0 Å². The molecular weight excluding hydrogens is 315 g/mol. The minimum Gasteiger partial charge on any atom is -0.369 e. The van der Waals surface area contributed by atoms with Crippen LogP contribution in [0.15, 0.2) is 6.07 Å². The highest BCUT2D eigenvalue weighted by Gasteiger charge is 2.70. The van der Waals surface area contributed by atoms with Crippen molar-refractivity contribution in [3.05, 3.63) is 15.5 Å². The van der Waals surface area contributed by atoms with Crippen molar-refractivity contribution in [3.8, 4) is 0 Å². The molecule has 2 saturated carbocycles. The third-order valence-electron chi connectivity index (χ3n) is 4.30. The fourth-order valence-electron chi connectivity index (χ4n) is 3.56. The second-order valence-corrected chi connectivity index (χ2v) is 6.68. The van der Waals surface area contributed by atoms with Crippen molar-refractivity contribution in [3.63, 3.8) is 0 Å². The summed E-state index contributed by atoms with van der Waals surface area (Å²) in [5.41, 5.74) is 1.45. The number of fused-ring (bicyclic) bond motifs is 3. The van der Waals surface area contributed by atoms with Crippen molar-refractivity contribution in [1.29, 1.82) is 0 Å². The highest BCUT2D eigenvalue weighted by molar-refractivity contribution is 14.1. The van der Waals surface area contributed by atoms with E-state index in [1.807, 2.05) is 0 Å². The van der Waals surface area contributed by atoms with Crippen LogP contribution in [0.4, 0.5) is 0 Å². The van der Waals surface area contributed by atoms with Crippen LogP contribution in [-0.2, 0) is 4.74 Å². The maximum absolute atomic E-state index is 5.63. The number of nitrogens with zero attached hydrogens (tertiary/aromatic N) is 2. The molecule has 16 heavy (non-hydrogen) atoms. The highest BCUT2D eigenvalue weighted by atomic mass is 127. The molecule has 3 fully saturated rings. The van der Waals surface area contributed by atoms with E-state index >= 15 is 0 Å². The summed E-state index contributed by atoms with van der Waals surface area (Å²) in [5.74, 6) is 2.45. The SMILES string of the molecule is CC(C)n1nc(I)cc1[C@@H]1[C@H]2C[C@@H]3O[C@@H]3[C@H]21. The molecule has 0 spiro atoms. The topological polar surface area (TPSA) is 30.4 Å². The fraction of sp³-hybridized carbons (Fsp3) is 0.750. The van der Waals surface area contributed by atoms with Gasteiger partial charge in [-0.1, -0.05) is 0 Å². The average molecular weight is 330 g/mol. The Hall–Kier alpha value is -0.100. The molecule has 1 aromatic rings. The third kappa shape index (κ3) is 1.20. The lowest BCUT2D eigenvalue weighted by molar-refractivity contribution is 0.313. The standard InChI is InChI=1S/C12H15IN2O/c1-5(2)15-7(4-9(13)14-15)10-6-3-8-12(16-8)11(6)10/h4-6,8,10-12H,3H2,1-2H3/t6-,8+,10+,11-,12+/m1/s1. The lowest BCUT2D eigenvalue weighted by atomic mass is 10.1. The van der Waals surface area contributed by atoms with E-state index in [0.29, 0.717) is 18.2 Å². The number of halogens is 1. The third-order valence-corrected chi connectivity index (χ3v) is 4.83. The molecule has 1 aliphatic heterocycles. The Morgan fingerprint density at radius 2 is 2.38 bits per heavy atom. The summed E-state index contributed by atoms with van der Waals surface area (Å²) in [7, 11) is 0. The molecule has 1 aromatic heterocycles. The number of hydrogen-bond acceptors (Lipinski definition) is 2. The fourth-order valence-corrected chi connectivity index (χ4v) is 4.11. The molecule has 2 heterocycles. The summed E-state index contributed by atoms with van der Waals surface area (Å²) in [6, 6.07) is 2.73. The van der Waals surface area contributed by atoms with Gasteiger partial charge < -0.3 is 4.74 Å². The van der Waals surface area contributed by atoms with Crippen molar-refractivity contribution in [2.75, 3.05) is 0 Å². The van der Waals surface area contributed by atoms with Crippen LogP contribution in [0, 0.1) is 15.5 Å². The Kier molecular flexibility index (Phi) is 1.86. The van der Waals surface area contributed by atoms with Gasteiger partial charge in [-0.05, 0) is 60.8 Å². The monoisotopic (exact) mass is 330 g/mol. The molecule has 3 nitrogen and oxygen atoms in total. The van der Waals surface area contributed by atoms with Crippen LogP contribution in [0.1, 0.15) is 37.9 Å². The van der Waals surface area contributed by atoms with Gasteiger partial charge in [-0.2, -0.15) is 5.10 Å². The first-order valence-corrected chi connectivity index (χ1v) is 7.15. The largest absolute Gasteiger partial charge is 0.369 e. The minimum absolute atomic E-state index is 0.468. The predicted octanol–water partition coefficient (Wildman–Crippen LogP) is 2.57. The van der Waals surface area contributed by atoms with Gasteiger partial charge in [-0.15, -0.1) is 0 Å². The highest BCUT2D eigenvalue weighted by Crippen LogP contribution is 2.69. The Bertz CT molecular complexity index is 456. The molecule has 0 radical (unpaired) electrons. The Morgan fingerprint density at radius 1 is 1.56 bits per heavy atom. The summed E-state index contributed by atoms with van der Waals surface area (Å²) >= 11 is 2.32. The summed E-state index contributed by atoms with van der Waals surface area (Å²) in [4.78, 5) is 0. The first-order chi connectivity index (χ1) is 7.66. The molecule has 4 rings (SSSR count). The number of rotatable bonds is 2. The number of aromatic nitrogens is 2. The zero-order valence-electron chi connectivity index (χ0n) is 9.43. The van der Waals surface area contributed by atoms with E-state index in [0.717, 1.165) is 21.5 Å². The van der Waals surface area contributed by atoms with Gasteiger partial charge in [0.25, 0.3) is 0 Å². The average Bonchev–Trinajstić information content (AvgIpc) is 3.07. The van der Waals surface area contributed by atoms with Crippen LogP contribution in [0.2, 0.25) is 0 Å². The van der Waals surface area contributed by atoms with Crippen LogP contribution in [-0.4, -0.2) is 22.0 Å². The summed E-state index contributed by atoms with van der Waals surface area (Å²) in [5, 5.41) is 4.60. The van der Waals surface area contributed by atoms with E-state index in [-0.39, 0.29) is 0 Å². The Balaban J connectivity index is 1.68. The quantitative estimate of drug-likeness (QED) is 0.616. The molecule has 86 valence electrons. The number of hydrogen-bond donors (Lipinski definition) is 0. The molecule has 5 atom stereocenters. The van der Waals surface area contributed by atoms with Crippen LogP contribution < -0.4 is 0 Å². The van der Waals surface area contributed by atoms with Gasteiger partial charge >= 0.3 is 0 Å². The van der Waals surface area contributed by atoms with Crippen molar-refractivity contribution >= 4 is 22.6 Å². The molecule has 0 aromatic carbocycles. The lowest BCUT2D eigenvalue weighted by Gasteiger charge is -2.11. The molecule has 0 amide bonds. The zero-order chi connectivity index (χ0) is 11.0. The summed E-state index contributed by atoms with van der Waals surface area (Å²) < 4.78 is 8.97. The van der Waals surface area contributed by atoms with Crippen molar-refractivity contribution in [2.24, 2.45) is 11.8 Å². The van der Waals surface area contributed by atoms with E-state index in [4.69, 9.17) is 4.74 Å². The van der Waals surface area contributed by atoms with Gasteiger partial charge in [0.15, 0.2) is 0 Å². The van der Waals surface area contributed by atoms with E-state index in [2.05, 4.69) is 52.3 Å². The molecule has 1 saturated heterocycles. The Morgan fingerprint density at radius 3 is 3.00 bits per heavy atom. The lowest BCUT2D eigenvalue weighted by Crippen LogP contribution is -2.09. The van der Waals surface area contributed by atoms with Crippen molar-refractivity contribution in [2.45, 2.75) is 44.4 Å². The van der Waals surface area contributed by atoms with Gasteiger partial charge in [0.1, 0.15) is 3.70 Å². The van der Waals surface area contributed by atoms with Crippen molar-refractivity contribution in [1.82, 2.24) is 9.78 Å². The van der Waals surface area contributed by atoms with Crippen LogP contribution >= 0.6 is 22.6 Å². The van der Waals surface area contributed by atoms with Gasteiger partial charge in [0, 0.05) is 17.7 Å². The predicted molar refractivity (Wildman–Crippen MR) is 68.3 cm³/mol. The van der Waals surface area contributed by atoms with E-state index in [9.17, 15) is 0 Å². The molecule has 0 N–H and O–H groups in total. The smallest absolute Gasteiger partial charge is 0.123 e. The molecule has 4 heteroatoms. The first-order valence-electron chi connectivity index (χ1n) is 6.07. The van der Waals surface area contributed by atoms with E-state index in [1.165, 1.54) is 12.1 Å². The molecular formula is C12H15IN2O. The zero-order valence-corrected chi connectivity index (χ0v) is 11.6. The second-order valence-electron chi connectivity index (χ2n) is 5.57. The van der Waals surface area contributed by atoms with Crippen LogP contribution in [0.25, 0.3) is 0 Å². The normalized spacial score (nSPS) is 43.4. The van der Waals surface area contributed by atoms with Crippen molar-refractivity contribution < 1.29 is 4.74 Å². The molecule has 0 bridgehead atoms. The van der Waals surface area contributed by atoms with E-state index in [1.54, 1.807) is 0 Å².